The van der Waals surface area contributed by atoms with Gasteiger partial charge >= 0.3 is 5.97 Å². The van der Waals surface area contributed by atoms with Gasteiger partial charge in [-0.25, -0.2) is 0 Å². The zero-order valence-electron chi connectivity index (χ0n) is 18.1. The molecule has 5 rings (SSSR count). The van der Waals surface area contributed by atoms with Crippen molar-refractivity contribution >= 4 is 5.97 Å². The van der Waals surface area contributed by atoms with Gasteiger partial charge in [0.1, 0.15) is 17.6 Å². The summed E-state index contributed by atoms with van der Waals surface area (Å²) in [5, 5.41) is 0. The van der Waals surface area contributed by atoms with Crippen molar-refractivity contribution in [1.29, 1.82) is 0 Å². The van der Waals surface area contributed by atoms with Crippen molar-refractivity contribution in [3.05, 3.63) is 58.7 Å². The van der Waals surface area contributed by atoms with Gasteiger partial charge in [0.05, 0.1) is 26.7 Å². The largest absolute Gasteiger partial charge is 0.492 e. The monoisotopic (exact) mass is 422 g/mol. The van der Waals surface area contributed by atoms with Crippen molar-refractivity contribution in [2.75, 3.05) is 20.3 Å². The Morgan fingerprint density at radius 1 is 1.13 bits per heavy atom. The molecule has 1 fully saturated rings. The van der Waals surface area contributed by atoms with Crippen molar-refractivity contribution in [1.82, 2.24) is 0 Å². The maximum atomic E-state index is 11.6. The molecule has 2 aromatic carbocycles. The Labute approximate surface area is 183 Å². The Bertz CT molecular complexity index is 949. The molecule has 0 spiro atoms. The van der Waals surface area contributed by atoms with E-state index < -0.39 is 0 Å². The summed E-state index contributed by atoms with van der Waals surface area (Å²) in [5.41, 5.74) is 5.01. The Morgan fingerprint density at radius 2 is 2.03 bits per heavy atom. The summed E-state index contributed by atoms with van der Waals surface area (Å²) in [6.07, 6.45) is 6.36. The lowest BCUT2D eigenvalue weighted by Crippen LogP contribution is -2.17. The normalized spacial score (nSPS) is 21.7. The quantitative estimate of drug-likeness (QED) is 0.554. The van der Waals surface area contributed by atoms with E-state index in [1.165, 1.54) is 43.1 Å². The topological polar surface area (TPSA) is 54.0 Å². The molecule has 0 amide bonds. The second-order valence-corrected chi connectivity index (χ2v) is 8.93. The maximum absolute atomic E-state index is 11.6. The van der Waals surface area contributed by atoms with E-state index in [0.717, 1.165) is 42.4 Å². The number of carbonyl (C=O) groups is 1. The number of hydrogen-bond donors (Lipinski definition) is 0. The highest BCUT2D eigenvalue weighted by Gasteiger charge is 2.29. The van der Waals surface area contributed by atoms with Gasteiger partial charge in [-0.05, 0) is 54.4 Å². The number of hydrogen-bond acceptors (Lipinski definition) is 5. The smallest absolute Gasteiger partial charge is 0.306 e. The number of esters is 1. The second kappa shape index (κ2) is 8.91. The molecule has 1 saturated carbocycles. The van der Waals surface area contributed by atoms with Crippen LogP contribution in [0.5, 0.6) is 11.5 Å². The van der Waals surface area contributed by atoms with Crippen LogP contribution in [0.4, 0.5) is 0 Å². The van der Waals surface area contributed by atoms with Crippen LogP contribution in [0.25, 0.3) is 0 Å². The standard InChI is InChI=1S/C26H30O5/c1-28-26(27)12-19-16-30-25-13-20(8-9-22(19)25)31-24-11-10-21-18(6-3-7-23(21)24)15-29-14-17-4-2-5-17/h3,6-9,13,17,19,24H,2,4-5,10-12,14-16H2,1H3/t19?,24-/m0/s1. The summed E-state index contributed by atoms with van der Waals surface area (Å²) in [7, 11) is 1.42. The molecular weight excluding hydrogens is 392 g/mol. The number of rotatable bonds is 8. The first-order valence-electron chi connectivity index (χ1n) is 11.4. The van der Waals surface area contributed by atoms with Crippen LogP contribution in [0.1, 0.15) is 66.4 Å². The van der Waals surface area contributed by atoms with Crippen molar-refractivity contribution in [3.63, 3.8) is 0 Å². The molecule has 2 atom stereocenters. The van der Waals surface area contributed by atoms with Crippen LogP contribution in [0.2, 0.25) is 0 Å². The van der Waals surface area contributed by atoms with E-state index in [2.05, 4.69) is 18.2 Å². The minimum absolute atomic E-state index is 0.0474. The first-order chi connectivity index (χ1) is 15.2. The van der Waals surface area contributed by atoms with Crippen LogP contribution >= 0.6 is 0 Å². The van der Waals surface area contributed by atoms with Crippen LogP contribution < -0.4 is 9.47 Å². The van der Waals surface area contributed by atoms with Gasteiger partial charge in [0, 0.05) is 24.2 Å². The fraction of sp³-hybridized carbons (Fsp3) is 0.500. The fourth-order valence-corrected chi connectivity index (χ4v) is 4.89. The average molecular weight is 423 g/mol. The molecule has 0 radical (unpaired) electrons. The van der Waals surface area contributed by atoms with Gasteiger partial charge < -0.3 is 18.9 Å². The van der Waals surface area contributed by atoms with Crippen LogP contribution in [0.15, 0.2) is 36.4 Å². The van der Waals surface area contributed by atoms with E-state index in [-0.39, 0.29) is 18.0 Å². The lowest BCUT2D eigenvalue weighted by Gasteiger charge is -2.25. The molecule has 1 unspecified atom stereocenters. The number of carbonyl (C=O) groups excluding carboxylic acids is 1. The molecule has 1 heterocycles. The van der Waals surface area contributed by atoms with Crippen LogP contribution in [0, 0.1) is 5.92 Å². The predicted molar refractivity (Wildman–Crippen MR) is 116 cm³/mol. The van der Waals surface area contributed by atoms with Gasteiger partial charge in [0.25, 0.3) is 0 Å². The predicted octanol–water partition coefficient (Wildman–Crippen LogP) is 5.11. The molecule has 3 aliphatic rings. The average Bonchev–Trinajstić information content (AvgIpc) is 3.34. The Kier molecular flexibility index (Phi) is 5.86. The molecule has 0 bridgehead atoms. The molecule has 0 saturated heterocycles. The number of methoxy groups -OCH3 is 1. The van der Waals surface area contributed by atoms with Gasteiger partial charge in [0.2, 0.25) is 0 Å². The minimum Gasteiger partial charge on any atom is -0.492 e. The second-order valence-electron chi connectivity index (χ2n) is 8.93. The Balaban J connectivity index is 1.24. The summed E-state index contributed by atoms with van der Waals surface area (Å²) in [4.78, 5) is 11.6. The Morgan fingerprint density at radius 3 is 2.84 bits per heavy atom. The van der Waals surface area contributed by atoms with E-state index in [4.69, 9.17) is 18.9 Å². The van der Waals surface area contributed by atoms with E-state index in [0.29, 0.717) is 19.6 Å². The highest BCUT2D eigenvalue weighted by Crippen LogP contribution is 2.41. The molecule has 31 heavy (non-hydrogen) atoms. The summed E-state index contributed by atoms with van der Waals surface area (Å²) in [6, 6.07) is 12.4. The highest BCUT2D eigenvalue weighted by molar-refractivity contribution is 5.71. The number of fused-ring (bicyclic) bond motifs is 2. The van der Waals surface area contributed by atoms with Crippen molar-refractivity contribution < 1.29 is 23.7 Å². The first kappa shape index (κ1) is 20.4. The minimum atomic E-state index is -0.211. The third-order valence-corrected chi connectivity index (χ3v) is 6.93. The van der Waals surface area contributed by atoms with Gasteiger partial charge in [-0.2, -0.15) is 0 Å². The fourth-order valence-electron chi connectivity index (χ4n) is 4.89. The summed E-state index contributed by atoms with van der Waals surface area (Å²) >= 11 is 0. The summed E-state index contributed by atoms with van der Waals surface area (Å²) in [5.74, 6) is 2.22. The molecular formula is C26H30O5. The highest BCUT2D eigenvalue weighted by atomic mass is 16.5. The molecule has 1 aliphatic heterocycles. The third kappa shape index (κ3) is 4.29. The SMILES string of the molecule is COC(=O)CC1COc2cc(O[C@H]3CCc4c(COCC5CCC5)cccc43)ccc21. The van der Waals surface area contributed by atoms with Gasteiger partial charge in [-0.3, -0.25) is 4.79 Å². The zero-order chi connectivity index (χ0) is 21.2. The molecule has 0 aromatic heterocycles. The molecule has 5 heteroatoms. The van der Waals surface area contributed by atoms with Gasteiger partial charge in [-0.15, -0.1) is 0 Å². The number of ether oxygens (including phenoxy) is 4. The van der Waals surface area contributed by atoms with Gasteiger partial charge in [-0.1, -0.05) is 30.7 Å². The molecule has 0 N–H and O–H groups in total. The third-order valence-electron chi connectivity index (χ3n) is 6.93. The molecule has 2 aromatic rings. The number of benzene rings is 2. The molecule has 164 valence electrons. The van der Waals surface area contributed by atoms with E-state index >= 15 is 0 Å². The van der Waals surface area contributed by atoms with E-state index in [9.17, 15) is 4.79 Å². The molecule has 2 aliphatic carbocycles. The van der Waals surface area contributed by atoms with Crippen molar-refractivity contribution in [3.8, 4) is 11.5 Å². The lowest BCUT2D eigenvalue weighted by molar-refractivity contribution is -0.141. The molecule has 5 nitrogen and oxygen atoms in total. The summed E-state index contributed by atoms with van der Waals surface area (Å²) < 4.78 is 23.0. The van der Waals surface area contributed by atoms with Crippen molar-refractivity contribution in [2.24, 2.45) is 5.92 Å². The lowest BCUT2D eigenvalue weighted by atomic mass is 9.86. The van der Waals surface area contributed by atoms with Gasteiger partial charge in [0.15, 0.2) is 0 Å². The van der Waals surface area contributed by atoms with E-state index in [1.807, 2.05) is 18.2 Å². The van der Waals surface area contributed by atoms with Crippen LogP contribution in [-0.2, 0) is 27.3 Å². The zero-order valence-corrected chi connectivity index (χ0v) is 18.1. The van der Waals surface area contributed by atoms with Crippen molar-refractivity contribution in [2.45, 2.75) is 57.2 Å². The first-order valence-corrected chi connectivity index (χ1v) is 11.4. The van der Waals surface area contributed by atoms with Crippen LogP contribution in [0.3, 0.4) is 0 Å². The Hall–Kier alpha value is -2.53. The van der Waals surface area contributed by atoms with Crippen LogP contribution in [-0.4, -0.2) is 26.3 Å². The summed E-state index contributed by atoms with van der Waals surface area (Å²) in [6.45, 7) is 2.08. The van der Waals surface area contributed by atoms with E-state index in [1.54, 1.807) is 0 Å². The maximum Gasteiger partial charge on any atom is 0.306 e.